The second kappa shape index (κ2) is 10.8. The SMILES string of the molecule is C/C(=N\NC(=O)CSc1nnc(-c2ccc(C)cc2)n1-c1ccc(C)cc1)c1ccc2ccccc2c1. The monoisotopic (exact) mass is 505 g/mol. The van der Waals surface area contributed by atoms with Crippen molar-refractivity contribution in [3.8, 4) is 17.1 Å². The summed E-state index contributed by atoms with van der Waals surface area (Å²) >= 11 is 1.33. The van der Waals surface area contributed by atoms with Crippen molar-refractivity contribution in [2.75, 3.05) is 5.75 Å². The van der Waals surface area contributed by atoms with Crippen molar-refractivity contribution in [3.05, 3.63) is 108 Å². The van der Waals surface area contributed by atoms with Gasteiger partial charge in [-0.3, -0.25) is 9.36 Å². The lowest BCUT2D eigenvalue weighted by molar-refractivity contribution is -0.118. The van der Waals surface area contributed by atoms with Gasteiger partial charge in [-0.15, -0.1) is 10.2 Å². The van der Waals surface area contributed by atoms with Crippen molar-refractivity contribution in [1.82, 2.24) is 20.2 Å². The molecule has 4 aromatic carbocycles. The maximum Gasteiger partial charge on any atom is 0.250 e. The van der Waals surface area contributed by atoms with E-state index in [1.165, 1.54) is 28.3 Å². The van der Waals surface area contributed by atoms with Crippen LogP contribution in [0.2, 0.25) is 0 Å². The summed E-state index contributed by atoms with van der Waals surface area (Å²) in [4.78, 5) is 12.7. The van der Waals surface area contributed by atoms with Gasteiger partial charge in [-0.1, -0.05) is 95.7 Å². The lowest BCUT2D eigenvalue weighted by Crippen LogP contribution is -2.21. The van der Waals surface area contributed by atoms with E-state index < -0.39 is 0 Å². The predicted octanol–water partition coefficient (Wildman–Crippen LogP) is 6.34. The Kier molecular flexibility index (Phi) is 7.14. The fourth-order valence-electron chi connectivity index (χ4n) is 3.97. The van der Waals surface area contributed by atoms with Gasteiger partial charge in [0, 0.05) is 11.3 Å². The number of aromatic nitrogens is 3. The molecule has 37 heavy (non-hydrogen) atoms. The fraction of sp³-hybridized carbons (Fsp3) is 0.133. The molecule has 0 saturated heterocycles. The van der Waals surface area contributed by atoms with E-state index in [-0.39, 0.29) is 11.7 Å². The number of nitrogens with one attached hydrogen (secondary N) is 1. The van der Waals surface area contributed by atoms with Crippen molar-refractivity contribution >= 4 is 34.2 Å². The van der Waals surface area contributed by atoms with Gasteiger partial charge in [0.2, 0.25) is 0 Å². The molecule has 0 saturated carbocycles. The molecule has 0 radical (unpaired) electrons. The number of rotatable bonds is 7. The third-order valence-electron chi connectivity index (χ3n) is 6.08. The molecule has 0 aliphatic heterocycles. The molecule has 0 unspecified atom stereocenters. The Balaban J connectivity index is 1.33. The molecule has 1 heterocycles. The molecule has 184 valence electrons. The van der Waals surface area contributed by atoms with Crippen LogP contribution >= 0.6 is 11.8 Å². The zero-order chi connectivity index (χ0) is 25.8. The highest BCUT2D eigenvalue weighted by atomic mass is 32.2. The van der Waals surface area contributed by atoms with Gasteiger partial charge in [0.25, 0.3) is 5.91 Å². The number of aryl methyl sites for hydroxylation is 2. The van der Waals surface area contributed by atoms with E-state index in [9.17, 15) is 4.79 Å². The second-order valence-corrected chi connectivity index (χ2v) is 9.87. The summed E-state index contributed by atoms with van der Waals surface area (Å²) < 4.78 is 1.99. The first-order chi connectivity index (χ1) is 18.0. The Morgan fingerprint density at radius 3 is 2.27 bits per heavy atom. The fourth-order valence-corrected chi connectivity index (χ4v) is 4.71. The molecule has 5 aromatic rings. The van der Waals surface area contributed by atoms with Crippen LogP contribution in [0.25, 0.3) is 27.8 Å². The van der Waals surface area contributed by atoms with Crippen molar-refractivity contribution in [3.63, 3.8) is 0 Å². The van der Waals surface area contributed by atoms with E-state index in [1.807, 2.05) is 54.0 Å². The zero-order valence-electron chi connectivity index (χ0n) is 21.0. The quantitative estimate of drug-likeness (QED) is 0.159. The molecule has 0 aliphatic carbocycles. The number of amides is 1. The van der Waals surface area contributed by atoms with Gasteiger partial charge in [0.15, 0.2) is 11.0 Å². The predicted molar refractivity (Wildman–Crippen MR) is 151 cm³/mol. The molecule has 0 fully saturated rings. The van der Waals surface area contributed by atoms with Gasteiger partial charge in [-0.2, -0.15) is 5.10 Å². The van der Waals surface area contributed by atoms with Gasteiger partial charge in [-0.05, 0) is 55.3 Å². The summed E-state index contributed by atoms with van der Waals surface area (Å²) in [5, 5.41) is 16.2. The van der Waals surface area contributed by atoms with Gasteiger partial charge in [-0.25, -0.2) is 5.43 Å². The van der Waals surface area contributed by atoms with Gasteiger partial charge in [0.05, 0.1) is 11.5 Å². The van der Waals surface area contributed by atoms with Crippen molar-refractivity contribution in [1.29, 1.82) is 0 Å². The summed E-state index contributed by atoms with van der Waals surface area (Å²) in [6, 6.07) is 30.7. The molecule has 0 bridgehead atoms. The standard InChI is InChI=1S/C30H27N5OS/c1-20-8-12-24(13-9-20)29-33-34-30(35(29)27-16-10-21(2)11-17-27)37-19-28(36)32-31-22(3)25-15-14-23-6-4-5-7-26(23)18-25/h4-18H,19H2,1-3H3,(H,32,36)/b31-22+. The van der Waals surface area contributed by atoms with Crippen LogP contribution in [0, 0.1) is 13.8 Å². The Bertz CT molecular complexity index is 1590. The van der Waals surface area contributed by atoms with E-state index >= 15 is 0 Å². The highest BCUT2D eigenvalue weighted by molar-refractivity contribution is 7.99. The highest BCUT2D eigenvalue weighted by Crippen LogP contribution is 2.28. The molecule has 1 N–H and O–H groups in total. The van der Waals surface area contributed by atoms with E-state index in [2.05, 4.69) is 83.1 Å². The van der Waals surface area contributed by atoms with Crippen LogP contribution in [-0.4, -0.2) is 32.1 Å². The third-order valence-corrected chi connectivity index (χ3v) is 7.01. The first kappa shape index (κ1) is 24.5. The summed E-state index contributed by atoms with van der Waals surface area (Å²) in [6.45, 7) is 6.00. The molecule has 7 heteroatoms. The van der Waals surface area contributed by atoms with E-state index in [0.717, 1.165) is 33.7 Å². The number of carbonyl (C=O) groups excluding carboxylic acids is 1. The topological polar surface area (TPSA) is 72.2 Å². The zero-order valence-corrected chi connectivity index (χ0v) is 21.8. The second-order valence-electron chi connectivity index (χ2n) is 8.93. The van der Waals surface area contributed by atoms with Gasteiger partial charge < -0.3 is 0 Å². The maximum absolute atomic E-state index is 12.7. The molecule has 1 amide bonds. The molecular formula is C30H27N5OS. The van der Waals surface area contributed by atoms with Gasteiger partial charge >= 0.3 is 0 Å². The van der Waals surface area contributed by atoms with Crippen LogP contribution in [0.4, 0.5) is 0 Å². The summed E-state index contributed by atoms with van der Waals surface area (Å²) in [7, 11) is 0. The van der Waals surface area contributed by atoms with E-state index in [4.69, 9.17) is 0 Å². The lowest BCUT2D eigenvalue weighted by atomic mass is 10.0. The molecule has 6 nitrogen and oxygen atoms in total. The number of hydrazone groups is 1. The molecule has 0 atom stereocenters. The van der Waals surface area contributed by atoms with Crippen LogP contribution < -0.4 is 5.43 Å². The Hall–Kier alpha value is -4.23. The molecule has 5 rings (SSSR count). The molecule has 1 aromatic heterocycles. The molecule has 0 aliphatic rings. The average Bonchev–Trinajstić information content (AvgIpc) is 3.35. The minimum atomic E-state index is -0.208. The minimum absolute atomic E-state index is 0.159. The first-order valence-corrected chi connectivity index (χ1v) is 13.0. The minimum Gasteiger partial charge on any atom is -0.272 e. The molecule has 0 spiro atoms. The Labute approximate surface area is 220 Å². The van der Waals surface area contributed by atoms with E-state index in [0.29, 0.717) is 5.16 Å². The van der Waals surface area contributed by atoms with Crippen LogP contribution in [0.15, 0.2) is 101 Å². The number of hydrogen-bond acceptors (Lipinski definition) is 5. The smallest absolute Gasteiger partial charge is 0.250 e. The summed E-state index contributed by atoms with van der Waals surface area (Å²) in [6.07, 6.45) is 0. The number of thioether (sulfide) groups is 1. The largest absolute Gasteiger partial charge is 0.272 e. The Morgan fingerprint density at radius 1 is 0.865 bits per heavy atom. The van der Waals surface area contributed by atoms with Crippen LogP contribution in [0.5, 0.6) is 0 Å². The number of hydrogen-bond donors (Lipinski definition) is 1. The van der Waals surface area contributed by atoms with Crippen molar-refractivity contribution < 1.29 is 4.79 Å². The Morgan fingerprint density at radius 2 is 1.54 bits per heavy atom. The van der Waals surface area contributed by atoms with Crippen LogP contribution in [0.3, 0.4) is 0 Å². The van der Waals surface area contributed by atoms with E-state index in [1.54, 1.807) is 0 Å². The van der Waals surface area contributed by atoms with Crippen LogP contribution in [-0.2, 0) is 4.79 Å². The summed E-state index contributed by atoms with van der Waals surface area (Å²) in [5.41, 5.74) is 8.64. The average molecular weight is 506 g/mol. The number of carbonyl (C=O) groups is 1. The highest BCUT2D eigenvalue weighted by Gasteiger charge is 2.17. The number of benzene rings is 4. The normalized spacial score (nSPS) is 11.6. The first-order valence-electron chi connectivity index (χ1n) is 12.0. The lowest BCUT2D eigenvalue weighted by Gasteiger charge is -2.11. The van der Waals surface area contributed by atoms with Crippen LogP contribution in [0.1, 0.15) is 23.6 Å². The van der Waals surface area contributed by atoms with Crippen molar-refractivity contribution in [2.45, 2.75) is 25.9 Å². The number of nitrogens with zero attached hydrogens (tertiary/aromatic N) is 4. The third kappa shape index (κ3) is 5.62. The van der Waals surface area contributed by atoms with Gasteiger partial charge in [0.1, 0.15) is 0 Å². The molecular weight excluding hydrogens is 478 g/mol. The maximum atomic E-state index is 12.7. The van der Waals surface area contributed by atoms with Crippen molar-refractivity contribution in [2.24, 2.45) is 5.10 Å². The summed E-state index contributed by atoms with van der Waals surface area (Å²) in [5.74, 6) is 0.685. The number of fused-ring (bicyclic) bond motifs is 1.